The van der Waals surface area contributed by atoms with Crippen molar-refractivity contribution in [2.24, 2.45) is 0 Å². The van der Waals surface area contributed by atoms with Crippen LogP contribution in [0.4, 0.5) is 5.69 Å². The minimum atomic E-state index is 0.669. The van der Waals surface area contributed by atoms with Crippen molar-refractivity contribution in [3.05, 3.63) is 66.4 Å². The van der Waals surface area contributed by atoms with E-state index in [0.29, 0.717) is 5.56 Å². The number of rotatable bonds is 4. The Labute approximate surface area is 129 Å². The lowest BCUT2D eigenvalue weighted by atomic mass is 10.1. The number of aldehydes is 1. The van der Waals surface area contributed by atoms with Gasteiger partial charge in [0.2, 0.25) is 0 Å². The van der Waals surface area contributed by atoms with Gasteiger partial charge in [0.25, 0.3) is 0 Å². The van der Waals surface area contributed by atoms with Crippen LogP contribution in [0.2, 0.25) is 0 Å². The van der Waals surface area contributed by atoms with Crippen molar-refractivity contribution >= 4 is 12.0 Å². The average Bonchev–Trinajstić information content (AvgIpc) is 3.05. The molecule has 4 heteroatoms. The molecule has 0 unspecified atom stereocenters. The van der Waals surface area contributed by atoms with E-state index in [1.807, 2.05) is 55.3 Å². The normalized spacial score (nSPS) is 10.5. The topological polar surface area (TPSA) is 38.1 Å². The maximum Gasteiger partial charge on any atom is 0.150 e. The molecule has 1 aromatic heterocycles. The molecule has 0 aliphatic rings. The maximum atomic E-state index is 10.7. The van der Waals surface area contributed by atoms with Gasteiger partial charge in [0.15, 0.2) is 0 Å². The molecule has 22 heavy (non-hydrogen) atoms. The SMILES string of the molecule is CN(C)c1ccc(-n2ccc(-c3ccc(C=O)cc3)n2)cc1. The number of aromatic nitrogens is 2. The molecule has 0 saturated carbocycles. The van der Waals surface area contributed by atoms with Gasteiger partial charge in [-0.25, -0.2) is 4.68 Å². The molecule has 0 bridgehead atoms. The zero-order valence-corrected chi connectivity index (χ0v) is 12.6. The van der Waals surface area contributed by atoms with Gasteiger partial charge in [0.1, 0.15) is 6.29 Å². The number of hydrogen-bond donors (Lipinski definition) is 0. The van der Waals surface area contributed by atoms with Crippen molar-refractivity contribution in [2.75, 3.05) is 19.0 Å². The zero-order valence-electron chi connectivity index (χ0n) is 12.6. The average molecular weight is 291 g/mol. The number of anilines is 1. The van der Waals surface area contributed by atoms with Crippen LogP contribution >= 0.6 is 0 Å². The third-order valence-corrected chi connectivity index (χ3v) is 3.56. The van der Waals surface area contributed by atoms with Gasteiger partial charge >= 0.3 is 0 Å². The summed E-state index contributed by atoms with van der Waals surface area (Å²) >= 11 is 0. The summed E-state index contributed by atoms with van der Waals surface area (Å²) in [6.07, 6.45) is 2.78. The molecule has 0 aliphatic heterocycles. The Morgan fingerprint density at radius 2 is 1.64 bits per heavy atom. The molecule has 3 rings (SSSR count). The van der Waals surface area contributed by atoms with Gasteiger partial charge in [-0.3, -0.25) is 4.79 Å². The van der Waals surface area contributed by atoms with Crippen LogP contribution in [0, 0.1) is 0 Å². The second-order valence-electron chi connectivity index (χ2n) is 5.30. The summed E-state index contributed by atoms with van der Waals surface area (Å²) in [5, 5.41) is 4.60. The van der Waals surface area contributed by atoms with Gasteiger partial charge in [-0.1, -0.05) is 24.3 Å². The van der Waals surface area contributed by atoms with Crippen molar-refractivity contribution in [2.45, 2.75) is 0 Å². The third kappa shape index (κ3) is 2.76. The first-order valence-electron chi connectivity index (χ1n) is 7.06. The Morgan fingerprint density at radius 1 is 0.955 bits per heavy atom. The zero-order chi connectivity index (χ0) is 15.5. The van der Waals surface area contributed by atoms with Crippen LogP contribution in [0.5, 0.6) is 0 Å². The van der Waals surface area contributed by atoms with E-state index in [2.05, 4.69) is 22.1 Å². The second-order valence-corrected chi connectivity index (χ2v) is 5.30. The van der Waals surface area contributed by atoms with Crippen LogP contribution in [0.1, 0.15) is 10.4 Å². The fraction of sp³-hybridized carbons (Fsp3) is 0.111. The molecule has 0 atom stereocenters. The number of benzene rings is 2. The highest BCUT2D eigenvalue weighted by Crippen LogP contribution is 2.20. The van der Waals surface area contributed by atoms with E-state index in [4.69, 9.17) is 0 Å². The number of nitrogens with zero attached hydrogens (tertiary/aromatic N) is 3. The summed E-state index contributed by atoms with van der Waals surface area (Å²) in [6, 6.07) is 17.6. The molecule has 4 nitrogen and oxygen atoms in total. The summed E-state index contributed by atoms with van der Waals surface area (Å²) < 4.78 is 1.85. The highest BCUT2D eigenvalue weighted by atomic mass is 16.1. The van der Waals surface area contributed by atoms with E-state index in [1.165, 1.54) is 0 Å². The fourth-order valence-corrected chi connectivity index (χ4v) is 2.26. The summed E-state index contributed by atoms with van der Waals surface area (Å²) in [4.78, 5) is 12.8. The van der Waals surface area contributed by atoms with E-state index in [1.54, 1.807) is 12.1 Å². The summed E-state index contributed by atoms with van der Waals surface area (Å²) in [5.41, 5.74) is 4.72. The van der Waals surface area contributed by atoms with Crippen LogP contribution in [0.15, 0.2) is 60.8 Å². The molecule has 0 radical (unpaired) electrons. The number of hydrogen-bond acceptors (Lipinski definition) is 3. The first-order chi connectivity index (χ1) is 10.7. The second kappa shape index (κ2) is 5.85. The molecule has 3 aromatic rings. The lowest BCUT2D eigenvalue weighted by Gasteiger charge is -2.12. The summed E-state index contributed by atoms with van der Waals surface area (Å²) in [7, 11) is 4.04. The summed E-state index contributed by atoms with van der Waals surface area (Å²) in [5.74, 6) is 0. The van der Waals surface area contributed by atoms with Gasteiger partial charge < -0.3 is 4.90 Å². The Hall–Kier alpha value is -2.88. The highest BCUT2D eigenvalue weighted by Gasteiger charge is 2.04. The fourth-order valence-electron chi connectivity index (χ4n) is 2.26. The number of carbonyl (C=O) groups excluding carboxylic acids is 1. The van der Waals surface area contributed by atoms with E-state index in [9.17, 15) is 4.79 Å². The van der Waals surface area contributed by atoms with Crippen molar-refractivity contribution in [1.29, 1.82) is 0 Å². The Bertz CT molecular complexity index is 771. The molecule has 0 aliphatic carbocycles. The first kappa shape index (κ1) is 14.1. The van der Waals surface area contributed by atoms with Crippen LogP contribution in [-0.4, -0.2) is 30.2 Å². The van der Waals surface area contributed by atoms with Gasteiger partial charge in [-0.2, -0.15) is 5.10 Å². The van der Waals surface area contributed by atoms with Crippen molar-refractivity contribution in [1.82, 2.24) is 9.78 Å². The van der Waals surface area contributed by atoms with E-state index < -0.39 is 0 Å². The van der Waals surface area contributed by atoms with Gasteiger partial charge in [-0.15, -0.1) is 0 Å². The first-order valence-corrected chi connectivity index (χ1v) is 7.06. The summed E-state index contributed by atoms with van der Waals surface area (Å²) in [6.45, 7) is 0. The maximum absolute atomic E-state index is 10.7. The van der Waals surface area contributed by atoms with E-state index in [-0.39, 0.29) is 0 Å². The molecule has 110 valence electrons. The van der Waals surface area contributed by atoms with Gasteiger partial charge in [-0.05, 0) is 30.3 Å². The quantitative estimate of drug-likeness (QED) is 0.691. The molecule has 0 fully saturated rings. The van der Waals surface area contributed by atoms with Gasteiger partial charge in [0.05, 0.1) is 11.4 Å². The molecule has 0 N–H and O–H groups in total. The molecule has 0 saturated heterocycles. The van der Waals surface area contributed by atoms with Gasteiger partial charge in [0, 0.05) is 37.1 Å². The molecule has 0 spiro atoms. The van der Waals surface area contributed by atoms with Crippen LogP contribution < -0.4 is 4.90 Å². The highest BCUT2D eigenvalue weighted by molar-refractivity contribution is 5.76. The third-order valence-electron chi connectivity index (χ3n) is 3.56. The molecular formula is C18H17N3O. The predicted molar refractivity (Wildman–Crippen MR) is 88.7 cm³/mol. The standard InChI is InChI=1S/C18H17N3O/c1-20(2)16-7-9-17(10-8-16)21-12-11-18(19-21)15-5-3-14(13-22)4-6-15/h3-13H,1-2H3. The van der Waals surface area contributed by atoms with Crippen LogP contribution in [0.25, 0.3) is 16.9 Å². The van der Waals surface area contributed by atoms with Crippen LogP contribution in [0.3, 0.4) is 0 Å². The Kier molecular flexibility index (Phi) is 3.74. The van der Waals surface area contributed by atoms with Crippen molar-refractivity contribution in [3.8, 4) is 16.9 Å². The largest absolute Gasteiger partial charge is 0.378 e. The van der Waals surface area contributed by atoms with Crippen LogP contribution in [-0.2, 0) is 0 Å². The minimum Gasteiger partial charge on any atom is -0.378 e. The Morgan fingerprint density at radius 3 is 2.23 bits per heavy atom. The molecule has 0 amide bonds. The molecule has 1 heterocycles. The van der Waals surface area contributed by atoms with Crippen molar-refractivity contribution < 1.29 is 4.79 Å². The van der Waals surface area contributed by atoms with E-state index in [0.717, 1.165) is 28.9 Å². The molecular weight excluding hydrogens is 274 g/mol. The van der Waals surface area contributed by atoms with E-state index >= 15 is 0 Å². The van der Waals surface area contributed by atoms with Crippen molar-refractivity contribution in [3.63, 3.8) is 0 Å². The predicted octanol–water partition coefficient (Wildman–Crippen LogP) is 3.42. The monoisotopic (exact) mass is 291 g/mol. The number of carbonyl (C=O) groups is 1. The lowest BCUT2D eigenvalue weighted by Crippen LogP contribution is -2.08. The Balaban J connectivity index is 1.87. The molecule has 2 aromatic carbocycles. The lowest BCUT2D eigenvalue weighted by molar-refractivity contribution is 0.112. The smallest absolute Gasteiger partial charge is 0.150 e. The minimum absolute atomic E-state index is 0.669.